The molecule has 8 heavy (non-hydrogen) atoms. The first-order chi connectivity index (χ1) is 3.80. The molecule has 0 aromatic carbocycles. The first kappa shape index (κ1) is 5.48. The van der Waals surface area contributed by atoms with Crippen molar-refractivity contribution in [3.8, 4) is 0 Å². The average molecular weight is 110 g/mol. The number of rotatable bonds is 0. The van der Waals surface area contributed by atoms with Gasteiger partial charge in [0.2, 0.25) is 0 Å². The molecule has 44 valence electrons. The van der Waals surface area contributed by atoms with Crippen molar-refractivity contribution in [2.75, 3.05) is 0 Å². The van der Waals surface area contributed by atoms with Crippen LogP contribution in [-0.2, 0) is 0 Å². The fraction of sp³-hybridized carbons (Fsp3) is 0.667. The standard InChI is InChI=1S/C6H10N2/c1-5-6(2)8-4-3-7-5/h3-6H,1-2H3/t5-,6?/m0/s1. The molecule has 1 unspecified atom stereocenters. The SMILES string of the molecule is CC1N=CC=N[C@H]1C. The fourth-order valence-electron chi connectivity index (χ4n) is 0.598. The van der Waals surface area contributed by atoms with E-state index < -0.39 is 0 Å². The van der Waals surface area contributed by atoms with E-state index in [0.717, 1.165) is 0 Å². The molecule has 0 aromatic rings. The molecule has 0 aliphatic carbocycles. The highest BCUT2D eigenvalue weighted by atomic mass is 14.9. The largest absolute Gasteiger partial charge is 0.286 e. The molecule has 1 aliphatic heterocycles. The molecule has 0 N–H and O–H groups in total. The van der Waals surface area contributed by atoms with E-state index in [-0.39, 0.29) is 0 Å². The Bertz CT molecular complexity index is 110. The van der Waals surface area contributed by atoms with Gasteiger partial charge in [0, 0.05) is 12.4 Å². The summed E-state index contributed by atoms with van der Waals surface area (Å²) in [7, 11) is 0. The van der Waals surface area contributed by atoms with Crippen molar-refractivity contribution in [1.29, 1.82) is 0 Å². The molecule has 2 atom stereocenters. The van der Waals surface area contributed by atoms with Gasteiger partial charge in [0.05, 0.1) is 12.1 Å². The molecule has 1 rings (SSSR count). The monoisotopic (exact) mass is 110 g/mol. The number of nitrogens with zero attached hydrogens (tertiary/aromatic N) is 2. The number of hydrogen-bond acceptors (Lipinski definition) is 2. The van der Waals surface area contributed by atoms with E-state index in [4.69, 9.17) is 0 Å². The maximum Gasteiger partial charge on any atom is 0.0692 e. The molecule has 2 nitrogen and oxygen atoms in total. The van der Waals surface area contributed by atoms with Crippen molar-refractivity contribution in [3.63, 3.8) is 0 Å². The first-order valence-electron chi connectivity index (χ1n) is 2.85. The van der Waals surface area contributed by atoms with Crippen molar-refractivity contribution < 1.29 is 0 Å². The third-order valence-electron chi connectivity index (χ3n) is 1.41. The Kier molecular flexibility index (Phi) is 1.42. The molecular formula is C6H10N2. The summed E-state index contributed by atoms with van der Waals surface area (Å²) in [5.41, 5.74) is 0. The van der Waals surface area contributed by atoms with Crippen LogP contribution in [0.15, 0.2) is 9.98 Å². The second-order valence-corrected chi connectivity index (χ2v) is 2.08. The van der Waals surface area contributed by atoms with Gasteiger partial charge in [-0.3, -0.25) is 9.98 Å². The lowest BCUT2D eigenvalue weighted by molar-refractivity contribution is 0.608. The predicted molar refractivity (Wildman–Crippen MR) is 35.9 cm³/mol. The highest BCUT2D eigenvalue weighted by molar-refractivity contribution is 6.16. The van der Waals surface area contributed by atoms with Crippen LogP contribution in [0.4, 0.5) is 0 Å². The van der Waals surface area contributed by atoms with E-state index in [2.05, 4.69) is 23.8 Å². The third kappa shape index (κ3) is 0.941. The van der Waals surface area contributed by atoms with Gasteiger partial charge in [-0.25, -0.2) is 0 Å². The molecule has 0 saturated heterocycles. The summed E-state index contributed by atoms with van der Waals surface area (Å²) in [4.78, 5) is 8.27. The van der Waals surface area contributed by atoms with Crippen molar-refractivity contribution in [2.45, 2.75) is 25.9 Å². The highest BCUT2D eigenvalue weighted by Crippen LogP contribution is 2.02. The summed E-state index contributed by atoms with van der Waals surface area (Å²) < 4.78 is 0. The third-order valence-corrected chi connectivity index (χ3v) is 1.41. The van der Waals surface area contributed by atoms with Gasteiger partial charge in [-0.05, 0) is 13.8 Å². The fourth-order valence-corrected chi connectivity index (χ4v) is 0.598. The summed E-state index contributed by atoms with van der Waals surface area (Å²) in [5, 5.41) is 0. The normalized spacial score (nSPS) is 35.8. The maximum atomic E-state index is 4.14. The molecule has 1 heterocycles. The van der Waals surface area contributed by atoms with Gasteiger partial charge in [0.15, 0.2) is 0 Å². The zero-order chi connectivity index (χ0) is 5.98. The minimum atomic E-state index is 0.375. The van der Waals surface area contributed by atoms with E-state index in [1.165, 1.54) is 0 Å². The smallest absolute Gasteiger partial charge is 0.0692 e. The quantitative estimate of drug-likeness (QED) is 0.443. The Morgan fingerprint density at radius 2 is 1.38 bits per heavy atom. The van der Waals surface area contributed by atoms with Crippen molar-refractivity contribution >= 4 is 12.4 Å². The van der Waals surface area contributed by atoms with Crippen LogP contribution < -0.4 is 0 Å². The van der Waals surface area contributed by atoms with Crippen molar-refractivity contribution in [2.24, 2.45) is 9.98 Å². The molecule has 0 spiro atoms. The van der Waals surface area contributed by atoms with Gasteiger partial charge < -0.3 is 0 Å². The van der Waals surface area contributed by atoms with E-state index in [1.54, 1.807) is 12.4 Å². The molecular weight excluding hydrogens is 100 g/mol. The van der Waals surface area contributed by atoms with Gasteiger partial charge in [-0.1, -0.05) is 0 Å². The lowest BCUT2D eigenvalue weighted by Gasteiger charge is -2.12. The second-order valence-electron chi connectivity index (χ2n) is 2.08. The van der Waals surface area contributed by atoms with Crippen LogP contribution in [0.25, 0.3) is 0 Å². The molecule has 0 bridgehead atoms. The van der Waals surface area contributed by atoms with Crippen LogP contribution in [0.2, 0.25) is 0 Å². The first-order valence-corrected chi connectivity index (χ1v) is 2.85. The lowest BCUT2D eigenvalue weighted by Crippen LogP contribution is -2.18. The average Bonchev–Trinajstić information content (AvgIpc) is 1.77. The summed E-state index contributed by atoms with van der Waals surface area (Å²) in [6.45, 7) is 4.13. The van der Waals surface area contributed by atoms with Crippen LogP contribution in [0.5, 0.6) is 0 Å². The van der Waals surface area contributed by atoms with Crippen LogP contribution in [-0.4, -0.2) is 24.5 Å². The molecule has 2 heteroatoms. The number of aliphatic imine (C=N–C) groups is 2. The predicted octanol–water partition coefficient (Wildman–Crippen LogP) is 0.919. The summed E-state index contributed by atoms with van der Waals surface area (Å²) in [5.74, 6) is 0. The van der Waals surface area contributed by atoms with E-state index in [1.807, 2.05) is 0 Å². The Morgan fingerprint density at radius 3 is 1.62 bits per heavy atom. The summed E-state index contributed by atoms with van der Waals surface area (Å²) in [6, 6.07) is 0.750. The van der Waals surface area contributed by atoms with Crippen LogP contribution in [0.1, 0.15) is 13.8 Å². The summed E-state index contributed by atoms with van der Waals surface area (Å²) in [6.07, 6.45) is 3.51. The van der Waals surface area contributed by atoms with Crippen molar-refractivity contribution in [1.82, 2.24) is 0 Å². The Balaban J connectivity index is 2.59. The Morgan fingerprint density at radius 1 is 1.00 bits per heavy atom. The Labute approximate surface area is 49.3 Å². The van der Waals surface area contributed by atoms with E-state index >= 15 is 0 Å². The van der Waals surface area contributed by atoms with Gasteiger partial charge in [0.1, 0.15) is 0 Å². The summed E-state index contributed by atoms with van der Waals surface area (Å²) >= 11 is 0. The van der Waals surface area contributed by atoms with Crippen LogP contribution in [0.3, 0.4) is 0 Å². The van der Waals surface area contributed by atoms with E-state index in [9.17, 15) is 0 Å². The van der Waals surface area contributed by atoms with Gasteiger partial charge in [0.25, 0.3) is 0 Å². The molecule has 1 aliphatic rings. The molecule has 0 fully saturated rings. The minimum absolute atomic E-state index is 0.375. The van der Waals surface area contributed by atoms with Crippen LogP contribution >= 0.6 is 0 Å². The van der Waals surface area contributed by atoms with E-state index in [0.29, 0.717) is 12.1 Å². The lowest BCUT2D eigenvalue weighted by atomic mass is 10.2. The minimum Gasteiger partial charge on any atom is -0.286 e. The second kappa shape index (κ2) is 2.07. The number of hydrogen-bond donors (Lipinski definition) is 0. The molecule has 0 amide bonds. The highest BCUT2D eigenvalue weighted by Gasteiger charge is 2.08. The van der Waals surface area contributed by atoms with Gasteiger partial charge in [-0.15, -0.1) is 0 Å². The van der Waals surface area contributed by atoms with Crippen LogP contribution in [0, 0.1) is 0 Å². The topological polar surface area (TPSA) is 24.7 Å². The van der Waals surface area contributed by atoms with Gasteiger partial charge >= 0.3 is 0 Å². The van der Waals surface area contributed by atoms with Crippen molar-refractivity contribution in [3.05, 3.63) is 0 Å². The Hall–Kier alpha value is -0.660. The van der Waals surface area contributed by atoms with Gasteiger partial charge in [-0.2, -0.15) is 0 Å². The molecule has 0 aromatic heterocycles. The zero-order valence-electron chi connectivity index (χ0n) is 5.20. The molecule has 0 radical (unpaired) electrons. The zero-order valence-corrected chi connectivity index (χ0v) is 5.20. The maximum absolute atomic E-state index is 4.14. The molecule has 0 saturated carbocycles.